The first-order chi connectivity index (χ1) is 74.4. The molecule has 0 unspecified atom stereocenters. The fourth-order valence-electron chi connectivity index (χ4n) is 23.3. The summed E-state index contributed by atoms with van der Waals surface area (Å²) in [6.07, 6.45) is 0. The van der Waals surface area contributed by atoms with E-state index in [1.807, 2.05) is 0 Å². The van der Waals surface area contributed by atoms with Crippen LogP contribution < -0.4 is 0 Å². The summed E-state index contributed by atoms with van der Waals surface area (Å²) >= 11 is 0. The molecule has 6 aromatic heterocycles. The van der Waals surface area contributed by atoms with Crippen LogP contribution in [0.5, 0.6) is 0 Å². The van der Waals surface area contributed by atoms with Crippen LogP contribution in [-0.2, 0) is 0 Å². The molecule has 0 radical (unpaired) electrons. The lowest BCUT2D eigenvalue weighted by molar-refractivity contribution is 1.18. The Kier molecular flexibility index (Phi) is 21.9. The van der Waals surface area contributed by atoms with Gasteiger partial charge in [-0.1, -0.05) is 394 Å². The Bertz CT molecular complexity index is 10200. The highest BCUT2D eigenvalue weighted by Gasteiger charge is 2.24. The maximum atomic E-state index is 2.41. The average Bonchev–Trinajstić information content (AvgIpc) is 1.59. The molecule has 702 valence electrons. The molecule has 0 aliphatic heterocycles. The van der Waals surface area contributed by atoms with E-state index < -0.39 is 0 Å². The van der Waals surface area contributed by atoms with Gasteiger partial charge in [0.2, 0.25) is 0 Å². The van der Waals surface area contributed by atoms with Gasteiger partial charge in [0.05, 0.1) is 66.2 Å². The van der Waals surface area contributed by atoms with Crippen LogP contribution in [0.25, 0.3) is 265 Å². The SMILES string of the molecule is c1ccc(-c2ccc(-c3cccc(-n4c5ccccc5c5cc(-c6ccc7c(c6)c6ccccc6n7-c6ccccc6)ccc54)c3)cc2)cc1.c1ccc(-c2cccc(-c3ccc(-n4c5ccccc5c5cc(-c6ccc7c(c6)c6ccccc6n7-c6ccccc6)ccc54)cc3)c2)cc1.c1ccc(-c2cccc(-n3c4ccccc4c4cc(-c5ccc6c(c5)c5ccccc5n6-c5cccc(-c6ccccc6)c5)ccc43)c2)cc1. The van der Waals surface area contributed by atoms with Crippen molar-refractivity contribution in [2.75, 3.05) is 0 Å². The second-order valence-corrected chi connectivity index (χ2v) is 39.0. The summed E-state index contributed by atoms with van der Waals surface area (Å²) in [5.74, 6) is 0. The van der Waals surface area contributed by atoms with E-state index in [4.69, 9.17) is 0 Å². The van der Waals surface area contributed by atoms with Gasteiger partial charge in [-0.15, -0.1) is 0 Å². The molecule has 0 aliphatic rings. The minimum atomic E-state index is 1.15. The second-order valence-electron chi connectivity index (χ2n) is 39.0. The van der Waals surface area contributed by atoms with E-state index in [2.05, 4.69) is 610 Å². The van der Waals surface area contributed by atoms with Crippen LogP contribution in [0.4, 0.5) is 0 Å². The van der Waals surface area contributed by atoms with E-state index in [1.54, 1.807) is 0 Å². The third kappa shape index (κ3) is 15.6. The summed E-state index contributed by atoms with van der Waals surface area (Å²) in [6.45, 7) is 0. The van der Waals surface area contributed by atoms with E-state index in [1.165, 1.54) is 242 Å². The van der Waals surface area contributed by atoms with Crippen LogP contribution >= 0.6 is 0 Å². The second kappa shape index (κ2) is 37.4. The van der Waals surface area contributed by atoms with E-state index in [9.17, 15) is 0 Å². The molecular weight excluding hydrogens is 1810 g/mol. The molecule has 30 rings (SSSR count). The maximum absolute atomic E-state index is 2.41. The number of benzene rings is 24. The third-order valence-corrected chi connectivity index (χ3v) is 30.3. The zero-order valence-electron chi connectivity index (χ0n) is 82.1. The fourth-order valence-corrected chi connectivity index (χ4v) is 23.3. The Hall–Kier alpha value is -19.9. The molecule has 0 saturated carbocycles. The highest BCUT2D eigenvalue weighted by atomic mass is 15.0. The number of para-hydroxylation sites is 8. The van der Waals surface area contributed by atoms with Crippen LogP contribution in [0.1, 0.15) is 0 Å². The molecule has 0 atom stereocenters. The molecule has 6 nitrogen and oxygen atoms in total. The number of rotatable bonds is 15. The van der Waals surface area contributed by atoms with Crippen molar-refractivity contribution in [3.05, 3.63) is 582 Å². The molecule has 0 amide bonds. The molecule has 0 bridgehead atoms. The molecule has 150 heavy (non-hydrogen) atoms. The summed E-state index contributed by atoms with van der Waals surface area (Å²) in [5.41, 5.74) is 43.4. The van der Waals surface area contributed by atoms with E-state index in [0.29, 0.717) is 0 Å². The van der Waals surface area contributed by atoms with Gasteiger partial charge < -0.3 is 27.4 Å². The van der Waals surface area contributed by atoms with Crippen molar-refractivity contribution in [3.8, 4) is 134 Å². The van der Waals surface area contributed by atoms with Crippen molar-refractivity contribution in [2.45, 2.75) is 0 Å². The highest BCUT2D eigenvalue weighted by Crippen LogP contribution is 2.46. The van der Waals surface area contributed by atoms with Gasteiger partial charge in [-0.05, 0) is 288 Å². The van der Waals surface area contributed by atoms with Crippen molar-refractivity contribution >= 4 is 131 Å². The predicted octanol–water partition coefficient (Wildman–Crippen LogP) is 38.6. The Labute approximate surface area is 868 Å². The van der Waals surface area contributed by atoms with Gasteiger partial charge in [0, 0.05) is 98.8 Å². The molecule has 6 heteroatoms. The van der Waals surface area contributed by atoms with Gasteiger partial charge in [0.15, 0.2) is 0 Å². The van der Waals surface area contributed by atoms with Crippen LogP contribution in [0, 0.1) is 0 Å². The zero-order chi connectivity index (χ0) is 99.1. The number of hydrogen-bond acceptors (Lipinski definition) is 0. The first-order valence-electron chi connectivity index (χ1n) is 51.6. The summed E-state index contributed by atoms with van der Waals surface area (Å²) < 4.78 is 14.4. The maximum Gasteiger partial charge on any atom is 0.0541 e. The lowest BCUT2D eigenvalue weighted by atomic mass is 9.99. The number of nitrogens with zero attached hydrogens (tertiary/aromatic N) is 6. The first kappa shape index (κ1) is 87.8. The van der Waals surface area contributed by atoms with Gasteiger partial charge in [0.25, 0.3) is 0 Å². The van der Waals surface area contributed by atoms with Gasteiger partial charge in [-0.3, -0.25) is 0 Å². The predicted molar refractivity (Wildman–Crippen MR) is 634 cm³/mol. The van der Waals surface area contributed by atoms with Gasteiger partial charge in [0.1, 0.15) is 0 Å². The Balaban J connectivity index is 0.000000108. The minimum absolute atomic E-state index is 1.15. The number of hydrogen-bond donors (Lipinski definition) is 0. The Morgan fingerprint density at radius 2 is 0.213 bits per heavy atom. The average molecular weight is 1910 g/mol. The molecule has 30 aromatic rings. The van der Waals surface area contributed by atoms with Crippen molar-refractivity contribution in [1.29, 1.82) is 0 Å². The molecule has 0 aliphatic carbocycles. The van der Waals surface area contributed by atoms with Gasteiger partial charge in [-0.2, -0.15) is 0 Å². The summed E-state index contributed by atoms with van der Waals surface area (Å²) in [5, 5.41) is 15.1. The molecular formula is C144H96N6. The molecule has 0 N–H and O–H groups in total. The van der Waals surface area contributed by atoms with Gasteiger partial charge in [-0.25, -0.2) is 0 Å². The Morgan fingerprint density at radius 1 is 0.0733 bits per heavy atom. The molecule has 0 saturated heterocycles. The van der Waals surface area contributed by atoms with E-state index in [0.717, 1.165) is 22.7 Å². The third-order valence-electron chi connectivity index (χ3n) is 30.3. The van der Waals surface area contributed by atoms with Crippen molar-refractivity contribution in [3.63, 3.8) is 0 Å². The van der Waals surface area contributed by atoms with Crippen molar-refractivity contribution in [1.82, 2.24) is 27.4 Å². The molecule has 0 spiro atoms. The minimum Gasteiger partial charge on any atom is -0.309 e. The van der Waals surface area contributed by atoms with Crippen molar-refractivity contribution < 1.29 is 0 Å². The zero-order valence-corrected chi connectivity index (χ0v) is 82.1. The standard InChI is InChI=1S/3C48H32N2/c1-3-13-33(14-4-1)35-17-11-19-39(29-35)49-45-23-9-7-21-41(45)43-31-37(25-27-47(43)49)38-26-28-48-44(32-38)42-22-8-10-24-46(42)50(48)40-20-12-18-36(30-40)34-15-5-2-6-16-34;1-3-12-33(13-4-1)35-14-11-15-36(30-35)34-22-26-40(27-23-34)50-46-21-10-8-19-42(46)44-32-38(25-29-48(44)50)37-24-28-47-43(31-37)41-18-7-9-20-45(41)49(47)39-16-5-2-6-17-39;1-3-12-33(13-4-1)34-22-24-35(25-23-34)36-14-11-17-40(30-36)50-46-21-10-8-19-42(46)44-32-38(27-29-48(44)50)37-26-28-47-43(31-37)41-18-7-9-20-45(41)49(47)39-15-5-2-6-16-39/h3*1-32H. The van der Waals surface area contributed by atoms with Gasteiger partial charge >= 0.3 is 0 Å². The summed E-state index contributed by atoms with van der Waals surface area (Å²) in [4.78, 5) is 0. The monoisotopic (exact) mass is 1910 g/mol. The summed E-state index contributed by atoms with van der Waals surface area (Å²) in [6, 6.07) is 211. The summed E-state index contributed by atoms with van der Waals surface area (Å²) in [7, 11) is 0. The van der Waals surface area contributed by atoms with Crippen LogP contribution in [-0.4, -0.2) is 27.4 Å². The van der Waals surface area contributed by atoms with Crippen LogP contribution in [0.2, 0.25) is 0 Å². The lowest BCUT2D eigenvalue weighted by Crippen LogP contribution is -1.94. The van der Waals surface area contributed by atoms with E-state index in [-0.39, 0.29) is 0 Å². The molecule has 6 heterocycles. The largest absolute Gasteiger partial charge is 0.309 e. The molecule has 24 aromatic carbocycles. The number of aromatic nitrogens is 6. The highest BCUT2D eigenvalue weighted by molar-refractivity contribution is 6.17. The first-order valence-corrected chi connectivity index (χ1v) is 51.6. The normalized spacial score (nSPS) is 11.6. The smallest absolute Gasteiger partial charge is 0.0541 e. The fraction of sp³-hybridized carbons (Fsp3) is 0. The lowest BCUT2D eigenvalue weighted by Gasteiger charge is -2.11. The van der Waals surface area contributed by atoms with Crippen LogP contribution in [0.3, 0.4) is 0 Å². The van der Waals surface area contributed by atoms with E-state index >= 15 is 0 Å². The topological polar surface area (TPSA) is 29.6 Å². The molecule has 0 fully saturated rings. The quantitative estimate of drug-likeness (QED) is 0.0979. The number of fused-ring (bicyclic) bond motifs is 18. The van der Waals surface area contributed by atoms with Crippen molar-refractivity contribution in [2.24, 2.45) is 0 Å². The van der Waals surface area contributed by atoms with Crippen LogP contribution in [0.15, 0.2) is 582 Å². The Morgan fingerprint density at radius 3 is 0.460 bits per heavy atom.